The second kappa shape index (κ2) is 15.3. The maximum atomic E-state index is 12.0. The third kappa shape index (κ3) is 9.74. The molecule has 13 heteroatoms. The summed E-state index contributed by atoms with van der Waals surface area (Å²) >= 11 is 0. The van der Waals surface area contributed by atoms with Gasteiger partial charge in [-0.25, -0.2) is 24.2 Å². The zero-order valence-electron chi connectivity index (χ0n) is 20.8. The van der Waals surface area contributed by atoms with Crippen molar-refractivity contribution in [3.63, 3.8) is 0 Å². The fourth-order valence-corrected chi connectivity index (χ4v) is 2.95. The molecule has 3 rings (SSSR count). The van der Waals surface area contributed by atoms with Gasteiger partial charge in [0, 0.05) is 18.8 Å². The van der Waals surface area contributed by atoms with Crippen molar-refractivity contribution in [1.29, 1.82) is 0 Å². The highest BCUT2D eigenvalue weighted by molar-refractivity contribution is 5.95. The first kappa shape index (κ1) is 30.2. The molecule has 13 nitrogen and oxygen atoms in total. The Kier molecular flexibility index (Phi) is 11.8. The van der Waals surface area contributed by atoms with Crippen LogP contribution in [0.2, 0.25) is 0 Å². The van der Waals surface area contributed by atoms with Crippen LogP contribution < -0.4 is 5.73 Å². The van der Waals surface area contributed by atoms with E-state index < -0.39 is 42.1 Å². The Bertz CT molecular complexity index is 1160. The van der Waals surface area contributed by atoms with E-state index in [0.717, 1.165) is 0 Å². The highest BCUT2D eigenvalue weighted by Crippen LogP contribution is 2.13. The normalized spacial score (nSPS) is 12.5. The number of hydrogen-bond donors (Lipinski definition) is 4. The number of ether oxygens (including phenoxy) is 3. The summed E-state index contributed by atoms with van der Waals surface area (Å²) in [5, 5.41) is 18.5. The molecule has 3 atom stereocenters. The van der Waals surface area contributed by atoms with Crippen LogP contribution in [0.4, 0.5) is 0 Å². The molecular weight excluding hydrogens is 514 g/mol. The van der Waals surface area contributed by atoms with Crippen LogP contribution in [0.15, 0.2) is 73.1 Å². The van der Waals surface area contributed by atoms with Crippen molar-refractivity contribution in [2.75, 3.05) is 6.61 Å². The van der Waals surface area contributed by atoms with Gasteiger partial charge in [0.1, 0.15) is 11.9 Å². The average Bonchev–Trinajstić information content (AvgIpc) is 3.44. The van der Waals surface area contributed by atoms with E-state index in [1.54, 1.807) is 31.5 Å². The van der Waals surface area contributed by atoms with Gasteiger partial charge in [-0.1, -0.05) is 36.4 Å². The molecule has 0 bridgehead atoms. The SMILES string of the molecule is CCOC(=O)C(N)Cc1ncc[nH]1.O=C(O[C@@H](C(=O)O)[C@@H](OC(=O)c1ccccc1)C(=O)O)c1ccccc1. The number of benzene rings is 2. The van der Waals surface area contributed by atoms with Crippen LogP contribution in [0.5, 0.6) is 0 Å². The molecule has 39 heavy (non-hydrogen) atoms. The number of carboxylic acid groups (broad SMARTS) is 2. The lowest BCUT2D eigenvalue weighted by Gasteiger charge is -2.21. The molecule has 1 heterocycles. The maximum Gasteiger partial charge on any atom is 0.349 e. The number of nitrogens with one attached hydrogen (secondary N) is 1. The minimum atomic E-state index is -2.21. The van der Waals surface area contributed by atoms with Crippen molar-refractivity contribution >= 4 is 29.8 Å². The van der Waals surface area contributed by atoms with E-state index in [0.29, 0.717) is 18.9 Å². The van der Waals surface area contributed by atoms with Gasteiger partial charge in [-0.05, 0) is 31.2 Å². The van der Waals surface area contributed by atoms with E-state index in [-0.39, 0.29) is 17.1 Å². The maximum absolute atomic E-state index is 12.0. The molecule has 206 valence electrons. The number of hydrogen-bond acceptors (Lipinski definition) is 10. The van der Waals surface area contributed by atoms with Gasteiger partial charge in [-0.15, -0.1) is 0 Å². The number of imidazole rings is 1. The van der Waals surface area contributed by atoms with Gasteiger partial charge in [0.05, 0.1) is 17.7 Å². The molecule has 1 aromatic heterocycles. The number of nitrogens with zero attached hydrogens (tertiary/aromatic N) is 1. The topological polar surface area (TPSA) is 208 Å². The smallest absolute Gasteiger partial charge is 0.349 e. The second-order valence-corrected chi connectivity index (χ2v) is 7.66. The number of nitrogens with two attached hydrogens (primary N) is 1. The summed E-state index contributed by atoms with van der Waals surface area (Å²) in [6.07, 6.45) is -0.743. The lowest BCUT2D eigenvalue weighted by molar-refractivity contribution is -0.166. The van der Waals surface area contributed by atoms with Crippen LogP contribution >= 0.6 is 0 Å². The summed E-state index contributed by atoms with van der Waals surface area (Å²) in [4.78, 5) is 64.7. The largest absolute Gasteiger partial charge is 0.478 e. The molecular formula is C26H27N3O10. The highest BCUT2D eigenvalue weighted by Gasteiger charge is 2.41. The predicted octanol–water partition coefficient (Wildman–Crippen LogP) is 1.45. The lowest BCUT2D eigenvalue weighted by atomic mass is 10.1. The number of aliphatic carboxylic acids is 2. The number of carboxylic acids is 2. The van der Waals surface area contributed by atoms with Crippen molar-refractivity contribution < 1.29 is 48.4 Å². The second-order valence-electron chi connectivity index (χ2n) is 7.66. The van der Waals surface area contributed by atoms with Crippen LogP contribution in [0.3, 0.4) is 0 Å². The summed E-state index contributed by atoms with van der Waals surface area (Å²) in [5.74, 6) is -5.33. The zero-order chi connectivity index (χ0) is 28.8. The Hall–Kier alpha value is -5.04. The van der Waals surface area contributed by atoms with E-state index >= 15 is 0 Å². The lowest BCUT2D eigenvalue weighted by Crippen LogP contribution is -2.45. The molecule has 0 fully saturated rings. The number of rotatable bonds is 11. The number of aromatic nitrogens is 2. The van der Waals surface area contributed by atoms with Crippen molar-refractivity contribution in [2.24, 2.45) is 5.73 Å². The number of aromatic amines is 1. The molecule has 1 unspecified atom stereocenters. The first-order valence-corrected chi connectivity index (χ1v) is 11.5. The Morgan fingerprint density at radius 3 is 1.67 bits per heavy atom. The monoisotopic (exact) mass is 541 g/mol. The summed E-state index contributed by atoms with van der Waals surface area (Å²) in [7, 11) is 0. The molecule has 0 spiro atoms. The molecule has 0 saturated carbocycles. The van der Waals surface area contributed by atoms with E-state index in [9.17, 15) is 34.2 Å². The van der Waals surface area contributed by atoms with Crippen LogP contribution in [-0.2, 0) is 35.0 Å². The van der Waals surface area contributed by atoms with Gasteiger partial charge in [0.15, 0.2) is 0 Å². The third-order valence-electron chi connectivity index (χ3n) is 4.81. The van der Waals surface area contributed by atoms with Crippen LogP contribution in [0.1, 0.15) is 33.5 Å². The van der Waals surface area contributed by atoms with Gasteiger partial charge in [0.25, 0.3) is 0 Å². The zero-order valence-corrected chi connectivity index (χ0v) is 20.8. The fourth-order valence-electron chi connectivity index (χ4n) is 2.95. The first-order chi connectivity index (χ1) is 18.6. The number of carbonyl (C=O) groups is 5. The van der Waals surface area contributed by atoms with Gasteiger partial charge < -0.3 is 35.1 Å². The summed E-state index contributed by atoms with van der Waals surface area (Å²) in [6, 6.07) is 14.2. The van der Waals surface area contributed by atoms with Crippen molar-refractivity contribution in [3.05, 3.63) is 90.0 Å². The van der Waals surface area contributed by atoms with Crippen LogP contribution in [0.25, 0.3) is 0 Å². The van der Waals surface area contributed by atoms with E-state index in [4.69, 9.17) is 19.9 Å². The summed E-state index contributed by atoms with van der Waals surface area (Å²) < 4.78 is 14.3. The molecule has 0 aliphatic rings. The summed E-state index contributed by atoms with van der Waals surface area (Å²) in [6.45, 7) is 2.10. The van der Waals surface area contributed by atoms with Crippen molar-refractivity contribution in [1.82, 2.24) is 9.97 Å². The quantitative estimate of drug-likeness (QED) is 0.201. The first-order valence-electron chi connectivity index (χ1n) is 11.5. The van der Waals surface area contributed by atoms with Crippen LogP contribution in [-0.4, -0.2) is 74.9 Å². The highest BCUT2D eigenvalue weighted by atomic mass is 16.6. The Labute approximate surface area is 222 Å². The van der Waals surface area contributed by atoms with E-state index in [2.05, 4.69) is 9.97 Å². The molecule has 0 amide bonds. The van der Waals surface area contributed by atoms with Gasteiger partial charge in [-0.3, -0.25) is 4.79 Å². The van der Waals surface area contributed by atoms with E-state index in [1.165, 1.54) is 48.5 Å². The molecule has 3 aromatic rings. The number of carbonyl (C=O) groups excluding carboxylic acids is 3. The van der Waals surface area contributed by atoms with Gasteiger partial charge in [0.2, 0.25) is 12.2 Å². The van der Waals surface area contributed by atoms with Crippen molar-refractivity contribution in [3.8, 4) is 0 Å². The standard InChI is InChI=1S/C18H14O8.C8H13N3O2/c19-15(20)13(25-17(23)11-7-3-1-4-8-11)14(16(21)22)26-18(24)12-9-5-2-6-10-12;1-2-13-8(12)6(9)5-7-10-3-4-11-7/h1-10,13-14H,(H,19,20)(H,21,22);3-4,6H,2,5,9H2,1H3,(H,10,11)/t13-,14-;/m1./s1. The Morgan fingerprint density at radius 2 is 1.31 bits per heavy atom. The Balaban J connectivity index is 0.000000344. The minimum Gasteiger partial charge on any atom is -0.478 e. The molecule has 0 saturated heterocycles. The van der Waals surface area contributed by atoms with Crippen LogP contribution in [0, 0.1) is 0 Å². The third-order valence-corrected chi connectivity index (χ3v) is 4.81. The molecule has 0 aliphatic heterocycles. The number of esters is 3. The predicted molar refractivity (Wildman–Crippen MR) is 133 cm³/mol. The van der Waals surface area contributed by atoms with Crippen molar-refractivity contribution in [2.45, 2.75) is 31.6 Å². The minimum absolute atomic E-state index is 0.0253. The van der Waals surface area contributed by atoms with Gasteiger partial charge in [-0.2, -0.15) is 0 Å². The fraction of sp³-hybridized carbons (Fsp3) is 0.231. The van der Waals surface area contributed by atoms with E-state index in [1.807, 2.05) is 0 Å². The average molecular weight is 542 g/mol. The summed E-state index contributed by atoms with van der Waals surface area (Å²) in [5.41, 5.74) is 5.61. The molecule has 0 radical (unpaired) electrons. The Morgan fingerprint density at radius 1 is 0.846 bits per heavy atom. The van der Waals surface area contributed by atoms with Gasteiger partial charge >= 0.3 is 29.8 Å². The molecule has 5 N–H and O–H groups in total. The molecule has 0 aliphatic carbocycles. The molecule has 2 aromatic carbocycles. The number of H-pyrrole nitrogens is 1.